The Balaban J connectivity index is 1.59. The molecule has 0 bridgehead atoms. The van der Waals surface area contributed by atoms with Crippen molar-refractivity contribution in [1.29, 1.82) is 5.26 Å². The lowest BCUT2D eigenvalue weighted by Crippen LogP contribution is -2.11. The number of aromatic nitrogens is 2. The van der Waals surface area contributed by atoms with Crippen LogP contribution in [0.15, 0.2) is 42.5 Å². The molecule has 0 atom stereocenters. The lowest BCUT2D eigenvalue weighted by atomic mass is 10.1. The average molecular weight is 395 g/mol. The van der Waals surface area contributed by atoms with Crippen LogP contribution in [0.2, 0.25) is 0 Å². The van der Waals surface area contributed by atoms with E-state index in [1.54, 1.807) is 38.5 Å². The molecule has 0 saturated heterocycles. The fraction of sp³-hybridized carbons (Fsp3) is 0.158. The van der Waals surface area contributed by atoms with Crippen molar-refractivity contribution in [2.24, 2.45) is 0 Å². The second kappa shape index (κ2) is 8.83. The molecular weight excluding hydrogens is 378 g/mol. The average Bonchev–Trinajstić information content (AvgIpc) is 3.19. The largest absolute Gasteiger partial charge is 0.493 e. The number of hydrogen-bond acceptors (Lipinski definition) is 8. The maximum absolute atomic E-state index is 12.2. The number of nitrogens with one attached hydrogen (secondary N) is 2. The van der Waals surface area contributed by atoms with E-state index in [4.69, 9.17) is 14.7 Å². The number of methoxy groups -OCH3 is 2. The van der Waals surface area contributed by atoms with Crippen LogP contribution in [-0.4, -0.2) is 30.3 Å². The van der Waals surface area contributed by atoms with Crippen LogP contribution >= 0.6 is 11.3 Å². The van der Waals surface area contributed by atoms with Gasteiger partial charge >= 0.3 is 0 Å². The molecule has 3 aromatic rings. The van der Waals surface area contributed by atoms with Crippen molar-refractivity contribution >= 4 is 27.5 Å². The first kappa shape index (κ1) is 19.1. The zero-order valence-corrected chi connectivity index (χ0v) is 16.0. The number of anilines is 2. The number of benzene rings is 2. The summed E-state index contributed by atoms with van der Waals surface area (Å²) in [6.07, 6.45) is 0. The summed E-state index contributed by atoms with van der Waals surface area (Å²) < 4.78 is 10.5. The Kier molecular flexibility index (Phi) is 6.04. The highest BCUT2D eigenvalue weighted by Gasteiger charge is 2.11. The normalized spacial score (nSPS) is 10.0. The van der Waals surface area contributed by atoms with E-state index < -0.39 is 0 Å². The Hall–Kier alpha value is -3.64. The van der Waals surface area contributed by atoms with Gasteiger partial charge in [-0.15, -0.1) is 10.2 Å². The minimum absolute atomic E-state index is 0.313. The standard InChI is InChI=1S/C19H17N5O3S/c1-26-15-8-5-13(9-16(15)27-2)11-21-18-23-24-19(28-18)22-17(25)14-6-3-12(10-20)4-7-14/h3-9H,11H2,1-2H3,(H,21,23)(H,22,24,25). The summed E-state index contributed by atoms with van der Waals surface area (Å²) in [5.41, 5.74) is 1.92. The quantitative estimate of drug-likeness (QED) is 0.632. The second-order valence-electron chi connectivity index (χ2n) is 5.60. The molecule has 3 rings (SSSR count). The van der Waals surface area contributed by atoms with Crippen molar-refractivity contribution in [3.05, 3.63) is 59.2 Å². The maximum Gasteiger partial charge on any atom is 0.257 e. The van der Waals surface area contributed by atoms with Gasteiger partial charge in [-0.3, -0.25) is 10.1 Å². The summed E-state index contributed by atoms with van der Waals surface area (Å²) in [4.78, 5) is 12.2. The van der Waals surface area contributed by atoms with Gasteiger partial charge in [0.2, 0.25) is 10.3 Å². The lowest BCUT2D eigenvalue weighted by molar-refractivity contribution is 0.102. The third kappa shape index (κ3) is 4.55. The molecule has 0 aliphatic carbocycles. The summed E-state index contributed by atoms with van der Waals surface area (Å²) in [6, 6.07) is 14.0. The Labute approximate surface area is 165 Å². The molecule has 2 aromatic carbocycles. The third-order valence-electron chi connectivity index (χ3n) is 3.81. The number of ether oxygens (including phenoxy) is 2. The van der Waals surface area contributed by atoms with Crippen molar-refractivity contribution in [3.8, 4) is 17.6 Å². The third-order valence-corrected chi connectivity index (χ3v) is 4.61. The van der Waals surface area contributed by atoms with Crippen molar-refractivity contribution in [2.75, 3.05) is 24.9 Å². The molecule has 142 valence electrons. The van der Waals surface area contributed by atoms with Crippen LogP contribution in [0.3, 0.4) is 0 Å². The van der Waals surface area contributed by atoms with Gasteiger partial charge in [0, 0.05) is 12.1 Å². The smallest absolute Gasteiger partial charge is 0.257 e. The van der Waals surface area contributed by atoms with Crippen molar-refractivity contribution < 1.29 is 14.3 Å². The summed E-state index contributed by atoms with van der Waals surface area (Å²) in [7, 11) is 3.17. The highest BCUT2D eigenvalue weighted by molar-refractivity contribution is 7.19. The van der Waals surface area contributed by atoms with E-state index in [1.165, 1.54) is 11.3 Å². The zero-order valence-electron chi connectivity index (χ0n) is 15.2. The van der Waals surface area contributed by atoms with E-state index in [2.05, 4.69) is 20.8 Å². The Morgan fingerprint density at radius 1 is 1.07 bits per heavy atom. The molecule has 0 spiro atoms. The fourth-order valence-electron chi connectivity index (χ4n) is 2.38. The minimum atomic E-state index is -0.313. The maximum atomic E-state index is 12.2. The fourth-order valence-corrected chi connectivity index (χ4v) is 3.01. The van der Waals surface area contributed by atoms with Gasteiger partial charge in [0.15, 0.2) is 11.5 Å². The molecule has 0 aliphatic rings. The van der Waals surface area contributed by atoms with Crippen LogP contribution in [-0.2, 0) is 6.54 Å². The Bertz CT molecular complexity index is 1010. The summed E-state index contributed by atoms with van der Waals surface area (Å²) in [5.74, 6) is 0.997. The molecule has 1 amide bonds. The van der Waals surface area contributed by atoms with Crippen LogP contribution in [0, 0.1) is 11.3 Å². The topological polar surface area (TPSA) is 109 Å². The van der Waals surface area contributed by atoms with Crippen molar-refractivity contribution in [3.63, 3.8) is 0 Å². The first-order valence-electron chi connectivity index (χ1n) is 8.22. The van der Waals surface area contributed by atoms with Gasteiger partial charge in [0.1, 0.15) is 0 Å². The van der Waals surface area contributed by atoms with Gasteiger partial charge < -0.3 is 14.8 Å². The number of rotatable bonds is 7. The predicted molar refractivity (Wildman–Crippen MR) is 106 cm³/mol. The second-order valence-corrected chi connectivity index (χ2v) is 6.58. The van der Waals surface area contributed by atoms with Gasteiger partial charge in [-0.25, -0.2) is 0 Å². The number of amides is 1. The van der Waals surface area contributed by atoms with E-state index in [-0.39, 0.29) is 5.91 Å². The van der Waals surface area contributed by atoms with Crippen LogP contribution in [0.1, 0.15) is 21.5 Å². The van der Waals surface area contributed by atoms with Gasteiger partial charge in [0.05, 0.1) is 25.9 Å². The minimum Gasteiger partial charge on any atom is -0.493 e. The van der Waals surface area contributed by atoms with Gasteiger partial charge in [-0.05, 0) is 42.0 Å². The van der Waals surface area contributed by atoms with Crippen LogP contribution < -0.4 is 20.1 Å². The molecule has 2 N–H and O–H groups in total. The predicted octanol–water partition coefficient (Wildman–Crippen LogP) is 3.29. The molecule has 0 aliphatic heterocycles. The number of nitrogens with zero attached hydrogens (tertiary/aromatic N) is 3. The van der Waals surface area contributed by atoms with Gasteiger partial charge in [0.25, 0.3) is 5.91 Å². The van der Waals surface area contributed by atoms with E-state index in [0.29, 0.717) is 39.4 Å². The SMILES string of the molecule is COc1ccc(CNc2nnc(NC(=O)c3ccc(C#N)cc3)s2)cc1OC. The van der Waals surface area contributed by atoms with Crippen molar-refractivity contribution in [2.45, 2.75) is 6.54 Å². The van der Waals surface area contributed by atoms with E-state index in [9.17, 15) is 4.79 Å². The van der Waals surface area contributed by atoms with Crippen molar-refractivity contribution in [1.82, 2.24) is 10.2 Å². The molecular formula is C19H17N5O3S. The van der Waals surface area contributed by atoms with E-state index >= 15 is 0 Å². The monoisotopic (exact) mass is 395 g/mol. The molecule has 1 aromatic heterocycles. The first-order chi connectivity index (χ1) is 13.6. The molecule has 8 nitrogen and oxygen atoms in total. The molecule has 0 saturated carbocycles. The highest BCUT2D eigenvalue weighted by Crippen LogP contribution is 2.28. The molecule has 1 heterocycles. The Morgan fingerprint density at radius 3 is 2.46 bits per heavy atom. The highest BCUT2D eigenvalue weighted by atomic mass is 32.1. The Morgan fingerprint density at radius 2 is 1.79 bits per heavy atom. The summed E-state index contributed by atoms with van der Waals surface area (Å²) in [6.45, 7) is 0.512. The van der Waals surface area contributed by atoms with Crippen LogP contribution in [0.5, 0.6) is 11.5 Å². The van der Waals surface area contributed by atoms with Gasteiger partial charge in [-0.1, -0.05) is 17.4 Å². The summed E-state index contributed by atoms with van der Waals surface area (Å²) in [5, 5.41) is 23.6. The lowest BCUT2D eigenvalue weighted by Gasteiger charge is -2.09. The molecule has 0 fully saturated rings. The number of carbonyl (C=O) groups excluding carboxylic acids is 1. The number of nitriles is 1. The molecule has 28 heavy (non-hydrogen) atoms. The zero-order chi connectivity index (χ0) is 19.9. The van der Waals surface area contributed by atoms with Crippen LogP contribution in [0.25, 0.3) is 0 Å². The van der Waals surface area contributed by atoms with Crippen LogP contribution in [0.4, 0.5) is 10.3 Å². The number of hydrogen-bond donors (Lipinski definition) is 2. The van der Waals surface area contributed by atoms with E-state index in [1.807, 2.05) is 24.3 Å². The van der Waals surface area contributed by atoms with E-state index in [0.717, 1.165) is 5.56 Å². The van der Waals surface area contributed by atoms with Gasteiger partial charge in [-0.2, -0.15) is 5.26 Å². The molecule has 0 radical (unpaired) electrons. The first-order valence-corrected chi connectivity index (χ1v) is 9.04. The summed E-state index contributed by atoms with van der Waals surface area (Å²) >= 11 is 1.23. The molecule has 0 unspecified atom stereocenters. The number of carbonyl (C=O) groups is 1. The molecule has 9 heteroatoms.